The molecule has 2 N–H and O–H groups in total. The van der Waals surface area contributed by atoms with Gasteiger partial charge in [-0.25, -0.2) is 4.98 Å². The van der Waals surface area contributed by atoms with Crippen LogP contribution in [0, 0.1) is 6.92 Å². The molecule has 1 heterocycles. The number of imidazole rings is 1. The number of ether oxygens (including phenoxy) is 1. The second-order valence-corrected chi connectivity index (χ2v) is 6.97. The van der Waals surface area contributed by atoms with Crippen LogP contribution < -0.4 is 15.4 Å². The largest absolute Gasteiger partial charge is 0.496 e. The number of hydrogen-bond donors (Lipinski definition) is 2. The molecule has 0 amide bonds. The second-order valence-electron chi connectivity index (χ2n) is 6.97. The zero-order chi connectivity index (χ0) is 20.5. The summed E-state index contributed by atoms with van der Waals surface area (Å²) in [4.78, 5) is 8.42. The van der Waals surface area contributed by atoms with Crippen LogP contribution in [0.15, 0.2) is 66.2 Å². The van der Waals surface area contributed by atoms with E-state index in [-0.39, 0.29) is 0 Å². The van der Waals surface area contributed by atoms with Crippen molar-refractivity contribution in [2.75, 3.05) is 20.7 Å². The summed E-state index contributed by atoms with van der Waals surface area (Å²) < 4.78 is 7.52. The lowest BCUT2D eigenvalue weighted by atomic mass is 10.1. The van der Waals surface area contributed by atoms with Crippen molar-refractivity contribution < 1.29 is 4.74 Å². The summed E-state index contributed by atoms with van der Waals surface area (Å²) in [5.74, 6) is 1.71. The molecule has 6 nitrogen and oxygen atoms in total. The Morgan fingerprint density at radius 1 is 1.14 bits per heavy atom. The Bertz CT molecular complexity index is 934. The molecule has 0 bridgehead atoms. The van der Waals surface area contributed by atoms with Gasteiger partial charge in [-0.2, -0.15) is 0 Å². The highest BCUT2D eigenvalue weighted by molar-refractivity contribution is 5.79. The smallest absolute Gasteiger partial charge is 0.191 e. The van der Waals surface area contributed by atoms with Crippen LogP contribution >= 0.6 is 0 Å². The minimum Gasteiger partial charge on any atom is -0.496 e. The number of aromatic nitrogens is 2. The van der Waals surface area contributed by atoms with Gasteiger partial charge in [0, 0.05) is 39.1 Å². The minimum absolute atomic E-state index is 0.714. The maximum Gasteiger partial charge on any atom is 0.191 e. The van der Waals surface area contributed by atoms with Gasteiger partial charge in [0.15, 0.2) is 5.96 Å². The van der Waals surface area contributed by atoms with E-state index < -0.39 is 0 Å². The summed E-state index contributed by atoms with van der Waals surface area (Å²) >= 11 is 0. The van der Waals surface area contributed by atoms with Crippen LogP contribution in [0.3, 0.4) is 0 Å². The Labute approximate surface area is 172 Å². The van der Waals surface area contributed by atoms with Gasteiger partial charge in [0.05, 0.1) is 13.4 Å². The molecule has 29 heavy (non-hydrogen) atoms. The average Bonchev–Trinajstić information content (AvgIpc) is 3.24. The minimum atomic E-state index is 0.714. The van der Waals surface area contributed by atoms with Gasteiger partial charge in [-0.1, -0.05) is 42.0 Å². The SMILES string of the molecule is CN=C(NCCc1cc(C)ccc1OC)NCc1cccc(Cn2ccnc2)c1. The maximum atomic E-state index is 5.46. The van der Waals surface area contributed by atoms with Crippen LogP contribution in [0.4, 0.5) is 0 Å². The lowest BCUT2D eigenvalue weighted by Gasteiger charge is -2.14. The second kappa shape index (κ2) is 10.3. The zero-order valence-corrected chi connectivity index (χ0v) is 17.4. The molecule has 3 aromatic rings. The Kier molecular flexibility index (Phi) is 7.28. The number of aryl methyl sites for hydroxylation is 1. The Balaban J connectivity index is 1.50. The first-order valence-electron chi connectivity index (χ1n) is 9.79. The van der Waals surface area contributed by atoms with Gasteiger partial charge in [0.1, 0.15) is 5.75 Å². The van der Waals surface area contributed by atoms with Crippen LogP contribution in [0.25, 0.3) is 0 Å². The molecule has 0 unspecified atom stereocenters. The van der Waals surface area contributed by atoms with Gasteiger partial charge in [-0.15, -0.1) is 0 Å². The Morgan fingerprint density at radius 3 is 2.76 bits per heavy atom. The number of benzene rings is 2. The fourth-order valence-electron chi connectivity index (χ4n) is 3.25. The van der Waals surface area contributed by atoms with Crippen molar-refractivity contribution in [2.24, 2.45) is 4.99 Å². The molecule has 0 aliphatic heterocycles. The average molecular weight is 392 g/mol. The molecule has 0 spiro atoms. The van der Waals surface area contributed by atoms with E-state index in [2.05, 4.69) is 68.5 Å². The first-order chi connectivity index (χ1) is 14.2. The molecule has 1 aromatic heterocycles. The molecule has 0 saturated heterocycles. The van der Waals surface area contributed by atoms with Crippen LogP contribution in [-0.4, -0.2) is 36.2 Å². The number of guanidine groups is 1. The predicted molar refractivity (Wildman–Crippen MR) is 117 cm³/mol. The van der Waals surface area contributed by atoms with Gasteiger partial charge >= 0.3 is 0 Å². The highest BCUT2D eigenvalue weighted by atomic mass is 16.5. The summed E-state index contributed by atoms with van der Waals surface area (Å²) in [5, 5.41) is 6.77. The number of nitrogens with one attached hydrogen (secondary N) is 2. The standard InChI is InChI=1S/C23H29N5O/c1-18-7-8-22(29-3)21(13-18)9-10-26-23(24-2)27-15-19-5-4-6-20(14-19)16-28-12-11-25-17-28/h4-8,11-14,17H,9-10,15-16H2,1-3H3,(H2,24,26,27). The predicted octanol–water partition coefficient (Wildman–Crippen LogP) is 3.16. The van der Waals surface area contributed by atoms with Crippen molar-refractivity contribution in [2.45, 2.75) is 26.4 Å². The molecule has 2 aromatic carbocycles. The van der Waals surface area contributed by atoms with Gasteiger partial charge in [-0.05, 0) is 36.1 Å². The van der Waals surface area contributed by atoms with E-state index in [0.717, 1.165) is 31.2 Å². The maximum absolute atomic E-state index is 5.46. The van der Waals surface area contributed by atoms with E-state index in [9.17, 15) is 0 Å². The molecule has 0 aliphatic rings. The monoisotopic (exact) mass is 391 g/mol. The lowest BCUT2D eigenvalue weighted by molar-refractivity contribution is 0.409. The van der Waals surface area contributed by atoms with Gasteiger partial charge in [0.2, 0.25) is 0 Å². The van der Waals surface area contributed by atoms with Crippen LogP contribution in [-0.2, 0) is 19.5 Å². The summed E-state index contributed by atoms with van der Waals surface area (Å²) in [6.07, 6.45) is 6.47. The molecular weight excluding hydrogens is 362 g/mol. The Morgan fingerprint density at radius 2 is 2.00 bits per heavy atom. The third-order valence-electron chi connectivity index (χ3n) is 4.72. The normalized spacial score (nSPS) is 11.3. The van der Waals surface area contributed by atoms with Gasteiger partial charge in [-0.3, -0.25) is 4.99 Å². The van der Waals surface area contributed by atoms with Crippen molar-refractivity contribution in [1.82, 2.24) is 20.2 Å². The fourth-order valence-corrected chi connectivity index (χ4v) is 3.25. The number of aliphatic imine (C=N–C) groups is 1. The first-order valence-corrected chi connectivity index (χ1v) is 9.79. The van der Waals surface area contributed by atoms with E-state index in [1.165, 1.54) is 22.3 Å². The lowest BCUT2D eigenvalue weighted by Crippen LogP contribution is -2.37. The highest BCUT2D eigenvalue weighted by Gasteiger charge is 2.05. The van der Waals surface area contributed by atoms with E-state index in [0.29, 0.717) is 6.54 Å². The topological polar surface area (TPSA) is 63.5 Å². The molecule has 152 valence electrons. The molecular formula is C23H29N5O. The number of rotatable bonds is 8. The highest BCUT2D eigenvalue weighted by Crippen LogP contribution is 2.19. The van der Waals surface area contributed by atoms with Gasteiger partial charge < -0.3 is 19.9 Å². The number of hydrogen-bond acceptors (Lipinski definition) is 3. The summed E-state index contributed by atoms with van der Waals surface area (Å²) in [6.45, 7) is 4.41. The van der Waals surface area contributed by atoms with Gasteiger partial charge in [0.25, 0.3) is 0 Å². The van der Waals surface area contributed by atoms with Crippen molar-refractivity contribution in [3.63, 3.8) is 0 Å². The van der Waals surface area contributed by atoms with Crippen LogP contribution in [0.1, 0.15) is 22.3 Å². The fraction of sp³-hybridized carbons (Fsp3) is 0.304. The van der Waals surface area contributed by atoms with E-state index in [1.54, 1.807) is 20.4 Å². The number of methoxy groups -OCH3 is 1. The quantitative estimate of drug-likeness (QED) is 0.457. The summed E-state index contributed by atoms with van der Waals surface area (Å²) in [6, 6.07) is 14.8. The third kappa shape index (κ3) is 6.10. The first kappa shape index (κ1) is 20.5. The molecule has 0 aliphatic carbocycles. The van der Waals surface area contributed by atoms with Crippen molar-refractivity contribution >= 4 is 5.96 Å². The van der Waals surface area contributed by atoms with E-state index >= 15 is 0 Å². The van der Waals surface area contributed by atoms with E-state index in [1.807, 2.05) is 18.6 Å². The van der Waals surface area contributed by atoms with Crippen molar-refractivity contribution in [1.29, 1.82) is 0 Å². The van der Waals surface area contributed by atoms with Crippen LogP contribution in [0.5, 0.6) is 5.75 Å². The molecule has 6 heteroatoms. The molecule has 0 radical (unpaired) electrons. The van der Waals surface area contributed by atoms with E-state index in [4.69, 9.17) is 4.74 Å². The molecule has 3 rings (SSSR count). The zero-order valence-electron chi connectivity index (χ0n) is 17.4. The molecule has 0 saturated carbocycles. The third-order valence-corrected chi connectivity index (χ3v) is 4.72. The number of nitrogens with zero attached hydrogens (tertiary/aromatic N) is 3. The molecule has 0 fully saturated rings. The van der Waals surface area contributed by atoms with Crippen LogP contribution in [0.2, 0.25) is 0 Å². The molecule has 0 atom stereocenters. The summed E-state index contributed by atoms with van der Waals surface area (Å²) in [7, 11) is 3.50. The van der Waals surface area contributed by atoms with Crippen molar-refractivity contribution in [3.05, 3.63) is 83.4 Å². The van der Waals surface area contributed by atoms with Crippen molar-refractivity contribution in [3.8, 4) is 5.75 Å². The summed E-state index contributed by atoms with van der Waals surface area (Å²) in [5.41, 5.74) is 4.89. The Hall–Kier alpha value is -3.28.